The van der Waals surface area contributed by atoms with Gasteiger partial charge in [-0.3, -0.25) is 9.59 Å². The molecule has 2 aromatic heterocycles. The molecule has 352 valence electrons. The number of esters is 1. The lowest BCUT2D eigenvalue weighted by molar-refractivity contribution is -0.156. The quantitative estimate of drug-likeness (QED) is 0.0776. The van der Waals surface area contributed by atoms with Crippen molar-refractivity contribution in [2.75, 3.05) is 35.2 Å². The monoisotopic (exact) mass is 944 g/mol. The van der Waals surface area contributed by atoms with Gasteiger partial charge < -0.3 is 25.2 Å². The predicted molar refractivity (Wildman–Crippen MR) is 242 cm³/mol. The van der Waals surface area contributed by atoms with E-state index in [9.17, 15) is 55.6 Å². The standard InChI is InChI=1S/C44H54F2N6O11S2/c1-25(2)39-35(41(27-9-13-29(45)14-10-27)49-43(47-39)51(5)64(7,59)60)19-17-31(53)21-33(55)23-38(58)63-34(24-37(56)57)22-32(54)18-20-36-40(26(3)4)48-44(52(6)65(8,61)62)50-42(36)28-11-15-30(46)16-12-28/h9-20,25-26,31-34,53-55H,21-24H2,1-8H3,(H,56,57)/b19-17+,20-18+/t31-,32-,33-,34-/m1/s1. The number of aromatic nitrogens is 4. The second kappa shape index (κ2) is 22.0. The van der Waals surface area contributed by atoms with Crippen LogP contribution in [-0.4, -0.2) is 120 Å². The maximum absolute atomic E-state index is 13.9. The van der Waals surface area contributed by atoms with Gasteiger partial charge in [-0.05, 0) is 60.4 Å². The molecule has 2 aromatic carbocycles. The van der Waals surface area contributed by atoms with Crippen molar-refractivity contribution in [2.45, 2.75) is 89.6 Å². The molecule has 0 fully saturated rings. The minimum absolute atomic E-state index is 0.135. The van der Waals surface area contributed by atoms with Gasteiger partial charge in [0.05, 0.1) is 66.4 Å². The van der Waals surface area contributed by atoms with E-state index in [1.807, 2.05) is 13.8 Å². The Morgan fingerprint density at radius 1 is 0.662 bits per heavy atom. The van der Waals surface area contributed by atoms with E-state index >= 15 is 0 Å². The highest BCUT2D eigenvalue weighted by Gasteiger charge is 2.27. The number of aliphatic carboxylic acids is 1. The Balaban J connectivity index is 1.53. The Morgan fingerprint density at radius 3 is 1.40 bits per heavy atom. The Morgan fingerprint density at radius 2 is 1.05 bits per heavy atom. The summed E-state index contributed by atoms with van der Waals surface area (Å²) in [6.45, 7) is 7.21. The van der Waals surface area contributed by atoms with Gasteiger partial charge in [-0.1, -0.05) is 52.0 Å². The number of ether oxygens (including phenoxy) is 1. The number of halogens is 2. The lowest BCUT2D eigenvalue weighted by Gasteiger charge is -2.21. The van der Waals surface area contributed by atoms with E-state index in [1.54, 1.807) is 13.8 Å². The second-order valence-electron chi connectivity index (χ2n) is 16.0. The van der Waals surface area contributed by atoms with Gasteiger partial charge in [-0.15, -0.1) is 0 Å². The van der Waals surface area contributed by atoms with E-state index in [0.29, 0.717) is 33.6 Å². The Bertz CT molecular complexity index is 2610. The van der Waals surface area contributed by atoms with Crippen molar-refractivity contribution in [2.24, 2.45) is 0 Å². The number of sulfonamides is 2. The fraction of sp³-hybridized carbons (Fsp3) is 0.409. The first-order valence-corrected chi connectivity index (χ1v) is 24.0. The van der Waals surface area contributed by atoms with Crippen LogP contribution in [0.5, 0.6) is 0 Å². The number of carbonyl (C=O) groups is 2. The van der Waals surface area contributed by atoms with Gasteiger partial charge in [0.2, 0.25) is 31.9 Å². The van der Waals surface area contributed by atoms with E-state index < -0.39 is 87.3 Å². The molecule has 4 rings (SSSR count). The summed E-state index contributed by atoms with van der Waals surface area (Å²) in [7, 11) is -4.99. The van der Waals surface area contributed by atoms with Crippen LogP contribution in [0.15, 0.2) is 60.7 Å². The van der Waals surface area contributed by atoms with Gasteiger partial charge in [0, 0.05) is 49.2 Å². The third-order valence-corrected chi connectivity index (χ3v) is 12.2. The Kier molecular flexibility index (Phi) is 17.5. The fourth-order valence-electron chi connectivity index (χ4n) is 6.39. The third-order valence-electron chi connectivity index (χ3n) is 9.90. The first-order valence-electron chi connectivity index (χ1n) is 20.3. The number of nitrogens with zero attached hydrogens (tertiary/aromatic N) is 6. The number of hydrogen-bond acceptors (Lipinski definition) is 14. The molecule has 0 aliphatic carbocycles. The maximum atomic E-state index is 13.9. The number of benzene rings is 2. The molecular weight excluding hydrogens is 891 g/mol. The van der Waals surface area contributed by atoms with Gasteiger partial charge in [-0.25, -0.2) is 54.2 Å². The number of carboxylic acids is 1. The van der Waals surface area contributed by atoms with Crippen molar-refractivity contribution >= 4 is 56.0 Å². The third kappa shape index (κ3) is 14.6. The van der Waals surface area contributed by atoms with Gasteiger partial charge in [0.15, 0.2) is 0 Å². The van der Waals surface area contributed by atoms with Crippen LogP contribution in [0.4, 0.5) is 20.7 Å². The molecule has 0 radical (unpaired) electrons. The van der Waals surface area contributed by atoms with Gasteiger partial charge in [-0.2, -0.15) is 0 Å². The average Bonchev–Trinajstić information content (AvgIpc) is 3.20. The lowest BCUT2D eigenvalue weighted by Crippen LogP contribution is -2.28. The molecule has 0 spiro atoms. The summed E-state index contributed by atoms with van der Waals surface area (Å²) < 4.78 is 84.5. The van der Waals surface area contributed by atoms with Crippen LogP contribution in [0.1, 0.15) is 87.7 Å². The van der Waals surface area contributed by atoms with E-state index in [2.05, 4.69) is 19.9 Å². The molecule has 4 aromatic rings. The highest BCUT2D eigenvalue weighted by Crippen LogP contribution is 2.34. The molecule has 0 unspecified atom stereocenters. The first kappa shape index (κ1) is 51.9. The molecular formula is C44H54F2N6O11S2. The van der Waals surface area contributed by atoms with Gasteiger partial charge in [0.1, 0.15) is 17.7 Å². The predicted octanol–water partition coefficient (Wildman–Crippen LogP) is 5.28. The van der Waals surface area contributed by atoms with Crippen molar-refractivity contribution in [3.05, 3.63) is 94.8 Å². The van der Waals surface area contributed by atoms with Crippen molar-refractivity contribution in [3.8, 4) is 22.5 Å². The van der Waals surface area contributed by atoms with Crippen LogP contribution in [0.2, 0.25) is 0 Å². The van der Waals surface area contributed by atoms with Crippen LogP contribution in [0, 0.1) is 11.6 Å². The molecule has 0 saturated heterocycles. The molecule has 4 atom stereocenters. The summed E-state index contributed by atoms with van der Waals surface area (Å²) in [5.41, 5.74) is 2.80. The molecule has 0 amide bonds. The largest absolute Gasteiger partial charge is 0.481 e. The maximum Gasteiger partial charge on any atom is 0.308 e. The number of rotatable bonds is 21. The molecule has 65 heavy (non-hydrogen) atoms. The summed E-state index contributed by atoms with van der Waals surface area (Å²) in [6, 6.07) is 10.6. The number of carbonyl (C=O) groups excluding carboxylic acids is 1. The Hall–Kier alpha value is -5.74. The number of anilines is 2. The smallest absolute Gasteiger partial charge is 0.308 e. The van der Waals surface area contributed by atoms with E-state index in [4.69, 9.17) is 4.74 Å². The number of hydrogen-bond donors (Lipinski definition) is 4. The second-order valence-corrected chi connectivity index (χ2v) is 20.0. The molecule has 4 N–H and O–H groups in total. The number of aliphatic hydroxyl groups excluding tert-OH is 3. The summed E-state index contributed by atoms with van der Waals surface area (Å²) in [5.74, 6) is -4.29. The normalized spacial score (nSPS) is 14.2. The van der Waals surface area contributed by atoms with Crippen molar-refractivity contribution < 1.29 is 60.4 Å². The SMILES string of the molecule is CC(C)c1nc(N(C)S(C)(=O)=O)nc(-c2ccc(F)cc2)c1/C=C/[C@@H](O)C[C@@H](O)CC(=O)O[C@@H](CC(=O)O)C[C@H](O)/C=C/c1c(-c2ccc(F)cc2)nc(N(C)S(C)(=O)=O)nc1C(C)C. The van der Waals surface area contributed by atoms with Crippen LogP contribution >= 0.6 is 0 Å². The zero-order chi connectivity index (χ0) is 48.6. The molecule has 0 aliphatic heterocycles. The highest BCUT2D eigenvalue weighted by atomic mass is 32.2. The van der Waals surface area contributed by atoms with Crippen LogP contribution in [0.25, 0.3) is 34.7 Å². The molecule has 17 nitrogen and oxygen atoms in total. The van der Waals surface area contributed by atoms with E-state index in [-0.39, 0.29) is 41.5 Å². The molecule has 0 saturated carbocycles. The average molecular weight is 945 g/mol. The summed E-state index contributed by atoms with van der Waals surface area (Å²) in [4.78, 5) is 42.7. The minimum Gasteiger partial charge on any atom is -0.481 e. The molecule has 2 heterocycles. The number of carboxylic acid groups (broad SMARTS) is 1. The summed E-state index contributed by atoms with van der Waals surface area (Å²) >= 11 is 0. The van der Waals surface area contributed by atoms with Crippen LogP contribution in [0.3, 0.4) is 0 Å². The molecule has 0 bridgehead atoms. The summed E-state index contributed by atoms with van der Waals surface area (Å²) in [6.07, 6.45) is -0.251. The molecule has 0 aliphatic rings. The minimum atomic E-state index is -3.78. The first-order chi connectivity index (χ1) is 30.2. The molecule has 21 heteroatoms. The van der Waals surface area contributed by atoms with Crippen molar-refractivity contribution in [1.29, 1.82) is 0 Å². The van der Waals surface area contributed by atoms with E-state index in [1.165, 1.54) is 86.9 Å². The zero-order valence-electron chi connectivity index (χ0n) is 37.1. The fourth-order valence-corrected chi connectivity index (χ4v) is 7.15. The highest BCUT2D eigenvalue weighted by molar-refractivity contribution is 7.92. The van der Waals surface area contributed by atoms with Gasteiger partial charge in [0.25, 0.3) is 0 Å². The lowest BCUT2D eigenvalue weighted by atomic mass is 9.97. The number of aliphatic hydroxyl groups is 3. The van der Waals surface area contributed by atoms with E-state index in [0.717, 1.165) is 21.1 Å². The van der Waals surface area contributed by atoms with Gasteiger partial charge >= 0.3 is 11.9 Å². The topological polar surface area (TPSA) is 251 Å². The van der Waals surface area contributed by atoms with Crippen molar-refractivity contribution in [3.63, 3.8) is 0 Å². The zero-order valence-corrected chi connectivity index (χ0v) is 38.8. The van der Waals surface area contributed by atoms with Crippen LogP contribution < -0.4 is 8.61 Å². The van der Waals surface area contributed by atoms with Crippen molar-refractivity contribution in [1.82, 2.24) is 19.9 Å². The summed E-state index contributed by atoms with van der Waals surface area (Å²) in [5, 5.41) is 42.4. The van der Waals surface area contributed by atoms with Crippen LogP contribution in [-0.2, 0) is 34.4 Å². The Labute approximate surface area is 377 Å².